The second-order valence-electron chi connectivity index (χ2n) is 4.19. The molecule has 0 spiro atoms. The van der Waals surface area contributed by atoms with Crippen molar-refractivity contribution in [2.24, 2.45) is 5.73 Å². The first kappa shape index (κ1) is 18.6. The van der Waals surface area contributed by atoms with Crippen LogP contribution in [-0.2, 0) is 24.4 Å². The van der Waals surface area contributed by atoms with Gasteiger partial charge in [-0.2, -0.15) is 0 Å². The monoisotopic (exact) mass is 394 g/mol. The third kappa shape index (κ3) is 4.03. The first-order valence-electron chi connectivity index (χ1n) is 5.94. The molecule has 122 valence electrons. The Balaban J connectivity index is 3.21. The summed E-state index contributed by atoms with van der Waals surface area (Å²) in [6.45, 7) is 1.31. The first-order chi connectivity index (χ1) is 10.1. The zero-order valence-electron chi connectivity index (χ0n) is 12.1. The molecular weight excluding hydrogens is 380 g/mol. The molecule has 0 saturated carbocycles. The zero-order chi connectivity index (χ0) is 17.1. The van der Waals surface area contributed by atoms with E-state index >= 15 is 0 Å². The number of halogens is 1. The molecule has 0 unspecified atom stereocenters. The van der Waals surface area contributed by atoms with Crippen molar-refractivity contribution in [1.29, 1.82) is 0 Å². The lowest BCUT2D eigenvalue weighted by atomic mass is 10.2. The minimum atomic E-state index is -3.92. The molecule has 0 radical (unpaired) electrons. The van der Waals surface area contributed by atoms with Crippen LogP contribution in [0.25, 0.3) is 0 Å². The van der Waals surface area contributed by atoms with Gasteiger partial charge < -0.3 is 10.5 Å². The number of primary amides is 1. The van der Waals surface area contributed by atoms with Gasteiger partial charge in [-0.1, -0.05) is 4.47 Å². The van der Waals surface area contributed by atoms with Gasteiger partial charge in [0.15, 0.2) is 6.10 Å². The summed E-state index contributed by atoms with van der Waals surface area (Å²) in [6.07, 6.45) is -1.14. The van der Waals surface area contributed by atoms with E-state index in [0.29, 0.717) is 8.94 Å². The molecule has 22 heavy (non-hydrogen) atoms. The lowest BCUT2D eigenvalue weighted by molar-refractivity contribution is -0.125. The normalized spacial score (nSPS) is 13.0. The fraction of sp³-hybridized carbons (Fsp3) is 0.333. The lowest BCUT2D eigenvalue weighted by Gasteiger charge is -2.15. The molecule has 0 aromatic heterocycles. The van der Waals surface area contributed by atoms with E-state index < -0.39 is 28.0 Å². The van der Waals surface area contributed by atoms with Crippen LogP contribution < -0.4 is 5.73 Å². The summed E-state index contributed by atoms with van der Waals surface area (Å²) in [4.78, 5) is 27.4. The highest BCUT2D eigenvalue weighted by molar-refractivity contribution is 9.10. The zero-order valence-corrected chi connectivity index (χ0v) is 14.5. The molecule has 1 rings (SSSR count). The number of hydroxylamine groups is 1. The Kier molecular flexibility index (Phi) is 6.06. The van der Waals surface area contributed by atoms with Gasteiger partial charge in [0.2, 0.25) is 0 Å². The van der Waals surface area contributed by atoms with Crippen molar-refractivity contribution < 1.29 is 27.6 Å². The summed E-state index contributed by atoms with van der Waals surface area (Å²) in [6, 6.07) is 3.79. The first-order valence-corrected chi connectivity index (χ1v) is 8.17. The predicted octanol–water partition coefficient (Wildman–Crippen LogP) is 0.662. The molecular formula is C12H15BrN2O6S. The van der Waals surface area contributed by atoms with Crippen molar-refractivity contribution in [3.8, 4) is 0 Å². The van der Waals surface area contributed by atoms with E-state index in [9.17, 15) is 18.0 Å². The average molecular weight is 395 g/mol. The van der Waals surface area contributed by atoms with Crippen molar-refractivity contribution in [2.45, 2.75) is 17.9 Å². The van der Waals surface area contributed by atoms with E-state index in [-0.39, 0.29) is 10.5 Å². The molecule has 0 heterocycles. The van der Waals surface area contributed by atoms with Gasteiger partial charge in [0.05, 0.1) is 17.6 Å². The summed E-state index contributed by atoms with van der Waals surface area (Å²) in [5.41, 5.74) is 4.95. The highest BCUT2D eigenvalue weighted by Crippen LogP contribution is 2.24. The van der Waals surface area contributed by atoms with Crippen LogP contribution in [0.4, 0.5) is 0 Å². The Labute approximate surface area is 136 Å². The quantitative estimate of drug-likeness (QED) is 0.559. The van der Waals surface area contributed by atoms with Gasteiger partial charge >= 0.3 is 5.97 Å². The number of carbonyl (C=O) groups excluding carboxylic acids is 2. The molecule has 0 fully saturated rings. The van der Waals surface area contributed by atoms with Crippen LogP contribution in [0.15, 0.2) is 27.6 Å². The van der Waals surface area contributed by atoms with Gasteiger partial charge in [-0.25, -0.2) is 13.2 Å². The third-order valence-electron chi connectivity index (χ3n) is 2.74. The van der Waals surface area contributed by atoms with Crippen LogP contribution in [0, 0.1) is 0 Å². The van der Waals surface area contributed by atoms with E-state index in [1.54, 1.807) is 0 Å². The van der Waals surface area contributed by atoms with E-state index in [1.807, 2.05) is 0 Å². The number of nitrogens with two attached hydrogens (primary N) is 1. The lowest BCUT2D eigenvalue weighted by Crippen LogP contribution is -2.30. The number of benzene rings is 1. The summed E-state index contributed by atoms with van der Waals surface area (Å²) in [7, 11) is -1.51. The van der Waals surface area contributed by atoms with Crippen molar-refractivity contribution in [3.05, 3.63) is 28.2 Å². The molecule has 1 atom stereocenters. The van der Waals surface area contributed by atoms with Crippen molar-refractivity contribution in [2.75, 3.05) is 14.2 Å². The van der Waals surface area contributed by atoms with Crippen molar-refractivity contribution in [1.82, 2.24) is 4.47 Å². The Morgan fingerprint density at radius 1 is 1.36 bits per heavy atom. The Morgan fingerprint density at radius 3 is 2.45 bits per heavy atom. The van der Waals surface area contributed by atoms with Crippen LogP contribution >= 0.6 is 15.9 Å². The topological polar surface area (TPSA) is 116 Å². The maximum absolute atomic E-state index is 12.1. The van der Waals surface area contributed by atoms with Crippen molar-refractivity contribution >= 4 is 37.8 Å². The van der Waals surface area contributed by atoms with Gasteiger partial charge in [-0.3, -0.25) is 9.63 Å². The summed E-state index contributed by atoms with van der Waals surface area (Å²) < 4.78 is 30.1. The molecule has 0 bridgehead atoms. The molecule has 1 amide bonds. The number of nitrogens with zero attached hydrogens (tertiary/aromatic N) is 1. The molecule has 10 heteroatoms. The fourth-order valence-corrected chi connectivity index (χ4v) is 2.76. The number of esters is 1. The molecule has 0 aliphatic carbocycles. The van der Waals surface area contributed by atoms with Gasteiger partial charge in [0.25, 0.3) is 15.9 Å². The van der Waals surface area contributed by atoms with Crippen LogP contribution in [0.5, 0.6) is 0 Å². The van der Waals surface area contributed by atoms with Gasteiger partial charge in [0, 0.05) is 11.5 Å². The second-order valence-corrected chi connectivity index (χ2v) is 6.98. The predicted molar refractivity (Wildman–Crippen MR) is 80.2 cm³/mol. The van der Waals surface area contributed by atoms with Crippen LogP contribution in [0.3, 0.4) is 0 Å². The number of ether oxygens (including phenoxy) is 1. The summed E-state index contributed by atoms with van der Waals surface area (Å²) >= 11 is 3.12. The number of sulfonamides is 1. The Hall–Kier alpha value is -1.49. The molecule has 8 nitrogen and oxygen atoms in total. The van der Waals surface area contributed by atoms with Crippen LogP contribution in [-0.4, -0.2) is 45.0 Å². The van der Waals surface area contributed by atoms with Crippen LogP contribution in [0.2, 0.25) is 0 Å². The second kappa shape index (κ2) is 7.18. The molecule has 1 aromatic rings. The van der Waals surface area contributed by atoms with Gasteiger partial charge in [-0.15, -0.1) is 0 Å². The van der Waals surface area contributed by atoms with Gasteiger partial charge in [0.1, 0.15) is 0 Å². The fourth-order valence-electron chi connectivity index (χ4n) is 1.35. The number of amides is 1. The SMILES string of the molecule is CON(C)S(=O)(=O)c1ccc(Br)c(C(=O)O[C@@H](C)C(N)=O)c1. The average Bonchev–Trinajstić information content (AvgIpc) is 2.46. The largest absolute Gasteiger partial charge is 0.449 e. The van der Waals surface area contributed by atoms with E-state index in [0.717, 1.165) is 6.07 Å². The molecule has 2 N–H and O–H groups in total. The van der Waals surface area contributed by atoms with E-state index in [2.05, 4.69) is 20.8 Å². The Morgan fingerprint density at radius 2 is 1.95 bits per heavy atom. The molecule has 1 aromatic carbocycles. The third-order valence-corrected chi connectivity index (χ3v) is 5.10. The van der Waals surface area contributed by atoms with Crippen molar-refractivity contribution in [3.63, 3.8) is 0 Å². The maximum Gasteiger partial charge on any atom is 0.340 e. The number of hydrogen-bond donors (Lipinski definition) is 1. The molecule has 0 saturated heterocycles. The number of hydrogen-bond acceptors (Lipinski definition) is 6. The Bertz CT molecular complexity index is 691. The van der Waals surface area contributed by atoms with E-state index in [1.165, 1.54) is 33.2 Å². The highest BCUT2D eigenvalue weighted by Gasteiger charge is 2.25. The van der Waals surface area contributed by atoms with Crippen LogP contribution in [0.1, 0.15) is 17.3 Å². The number of carbonyl (C=O) groups is 2. The number of rotatable bonds is 6. The van der Waals surface area contributed by atoms with Gasteiger partial charge in [-0.05, 0) is 41.1 Å². The standard InChI is InChI=1S/C12H15BrN2O6S/c1-7(11(14)16)21-12(17)9-6-8(4-5-10(9)13)22(18,19)15(2)20-3/h4-7H,1-3H3,(H2,14,16)/t7-/m0/s1. The van der Waals surface area contributed by atoms with E-state index in [4.69, 9.17) is 10.5 Å². The minimum Gasteiger partial charge on any atom is -0.449 e. The minimum absolute atomic E-state index is 0.0568. The maximum atomic E-state index is 12.1. The summed E-state index contributed by atoms with van der Waals surface area (Å²) in [5.74, 6) is -1.69. The highest BCUT2D eigenvalue weighted by atomic mass is 79.9. The summed E-state index contributed by atoms with van der Waals surface area (Å²) in [5, 5.41) is 0. The molecule has 0 aliphatic heterocycles. The molecule has 0 aliphatic rings. The smallest absolute Gasteiger partial charge is 0.340 e.